The van der Waals surface area contributed by atoms with Crippen molar-refractivity contribution in [2.75, 3.05) is 0 Å². The van der Waals surface area contributed by atoms with Crippen LogP contribution in [0, 0.1) is 5.41 Å². The van der Waals surface area contributed by atoms with Crippen LogP contribution in [-0.4, -0.2) is 16.8 Å². The molecule has 2 fully saturated rings. The lowest BCUT2D eigenvalue weighted by atomic mass is 9.96. The quantitative estimate of drug-likeness (QED) is 0.526. The predicted octanol–water partition coefficient (Wildman–Crippen LogP) is 1.45. The van der Waals surface area contributed by atoms with Gasteiger partial charge in [-0.05, 0) is 18.9 Å². The molecule has 1 atom stereocenters. The third-order valence-electron chi connectivity index (χ3n) is 3.26. The van der Waals surface area contributed by atoms with Gasteiger partial charge >= 0.3 is 0 Å². The molecule has 0 radical (unpaired) electrons. The summed E-state index contributed by atoms with van der Waals surface area (Å²) in [7, 11) is 0. The number of allylic oxidation sites excluding steroid dienone is 2. The van der Waals surface area contributed by atoms with Crippen LogP contribution in [0.5, 0.6) is 0 Å². The van der Waals surface area contributed by atoms with Gasteiger partial charge in [0.05, 0.1) is 6.04 Å². The number of rotatable bonds is 0. The van der Waals surface area contributed by atoms with Crippen LogP contribution >= 0.6 is 0 Å². The Kier molecular flexibility index (Phi) is 0.978. The number of hydrogen-bond donors (Lipinski definition) is 0. The first-order valence-electron chi connectivity index (χ1n) is 4.48. The molecule has 1 aliphatic carbocycles. The molecular weight excluding hydrogens is 150 g/mol. The zero-order chi connectivity index (χ0) is 8.18. The Labute approximate surface area is 71.5 Å². The fourth-order valence-electron chi connectivity index (χ4n) is 2.36. The number of hydrogen-bond acceptors (Lipinski definition) is 1. The van der Waals surface area contributed by atoms with Gasteiger partial charge in [-0.15, -0.1) is 0 Å². The van der Waals surface area contributed by atoms with Gasteiger partial charge in [-0.25, -0.2) is 0 Å². The van der Waals surface area contributed by atoms with Crippen LogP contribution in [-0.2, 0) is 4.79 Å². The van der Waals surface area contributed by atoms with Gasteiger partial charge in [0.15, 0.2) is 0 Å². The van der Waals surface area contributed by atoms with E-state index in [-0.39, 0.29) is 0 Å². The van der Waals surface area contributed by atoms with Crippen LogP contribution in [0.2, 0.25) is 0 Å². The molecule has 3 rings (SSSR count). The minimum atomic E-state index is 0.304. The normalized spacial score (nSPS) is 34.5. The van der Waals surface area contributed by atoms with E-state index in [0.29, 0.717) is 17.4 Å². The third kappa shape index (κ3) is 0.631. The summed E-state index contributed by atoms with van der Waals surface area (Å²) in [4.78, 5) is 13.4. The largest absolute Gasteiger partial charge is 0.312 e. The first kappa shape index (κ1) is 6.46. The molecule has 0 N–H and O–H groups in total. The highest BCUT2D eigenvalue weighted by Gasteiger charge is 2.57. The van der Waals surface area contributed by atoms with Gasteiger partial charge in [0.1, 0.15) is 0 Å². The number of nitrogens with zero attached hydrogens (tertiary/aromatic N) is 1. The summed E-state index contributed by atoms with van der Waals surface area (Å²) in [5.41, 5.74) is 0.346. The zero-order valence-electron chi connectivity index (χ0n) is 6.86. The number of amides is 1. The van der Waals surface area contributed by atoms with Crippen molar-refractivity contribution in [3.63, 3.8) is 0 Å². The van der Waals surface area contributed by atoms with E-state index in [2.05, 4.69) is 12.2 Å². The summed E-state index contributed by atoms with van der Waals surface area (Å²) in [5, 5.41) is 0. The fraction of sp³-hybridized carbons (Fsp3) is 0.500. The second-order valence-corrected chi connectivity index (χ2v) is 4.01. The molecule has 2 heteroatoms. The van der Waals surface area contributed by atoms with Crippen LogP contribution in [0.3, 0.4) is 0 Å². The smallest absolute Gasteiger partial charge is 0.227 e. The maximum absolute atomic E-state index is 11.5. The van der Waals surface area contributed by atoms with Crippen molar-refractivity contribution in [2.24, 2.45) is 5.41 Å². The SMILES string of the molecule is O=C1CC2(CC2)C2C=CC=CN12. The predicted molar refractivity (Wildman–Crippen MR) is 45.2 cm³/mol. The minimum Gasteiger partial charge on any atom is -0.312 e. The Morgan fingerprint density at radius 2 is 2.25 bits per heavy atom. The van der Waals surface area contributed by atoms with Crippen molar-refractivity contribution in [1.82, 2.24) is 4.90 Å². The van der Waals surface area contributed by atoms with Gasteiger partial charge in [-0.3, -0.25) is 4.79 Å². The molecule has 3 aliphatic rings. The molecule has 12 heavy (non-hydrogen) atoms. The Morgan fingerprint density at radius 3 is 3.00 bits per heavy atom. The van der Waals surface area contributed by atoms with E-state index < -0.39 is 0 Å². The fourth-order valence-corrected chi connectivity index (χ4v) is 2.36. The molecule has 62 valence electrons. The summed E-state index contributed by atoms with van der Waals surface area (Å²) in [6.07, 6.45) is 11.3. The molecule has 1 spiro atoms. The molecule has 1 saturated carbocycles. The average Bonchev–Trinajstić information content (AvgIpc) is 2.79. The Morgan fingerprint density at radius 1 is 1.42 bits per heavy atom. The second-order valence-electron chi connectivity index (χ2n) is 4.01. The molecule has 0 aromatic rings. The number of carbonyl (C=O) groups is 1. The molecule has 2 aliphatic heterocycles. The van der Waals surface area contributed by atoms with Gasteiger partial charge in [0, 0.05) is 18.0 Å². The van der Waals surface area contributed by atoms with Gasteiger partial charge in [0.2, 0.25) is 5.91 Å². The van der Waals surface area contributed by atoms with Gasteiger partial charge in [0.25, 0.3) is 0 Å². The average molecular weight is 161 g/mol. The summed E-state index contributed by atoms with van der Waals surface area (Å²) < 4.78 is 0. The van der Waals surface area contributed by atoms with Crippen molar-refractivity contribution in [3.8, 4) is 0 Å². The van der Waals surface area contributed by atoms with Crippen molar-refractivity contribution in [1.29, 1.82) is 0 Å². The van der Waals surface area contributed by atoms with Crippen LogP contribution < -0.4 is 0 Å². The van der Waals surface area contributed by atoms with Crippen molar-refractivity contribution in [2.45, 2.75) is 25.3 Å². The monoisotopic (exact) mass is 161 g/mol. The van der Waals surface area contributed by atoms with Gasteiger partial charge in [-0.2, -0.15) is 0 Å². The lowest BCUT2D eigenvalue weighted by Crippen LogP contribution is -2.30. The molecule has 2 nitrogen and oxygen atoms in total. The lowest BCUT2D eigenvalue weighted by molar-refractivity contribution is -0.126. The van der Waals surface area contributed by atoms with Crippen molar-refractivity contribution < 1.29 is 4.79 Å². The van der Waals surface area contributed by atoms with E-state index in [1.807, 2.05) is 17.2 Å². The molecular formula is C10H11NO. The molecule has 1 unspecified atom stereocenters. The van der Waals surface area contributed by atoms with E-state index >= 15 is 0 Å². The summed E-state index contributed by atoms with van der Waals surface area (Å²) in [6, 6.07) is 0.384. The topological polar surface area (TPSA) is 20.3 Å². The molecule has 0 bridgehead atoms. The van der Waals surface area contributed by atoms with Crippen LogP contribution in [0.1, 0.15) is 19.3 Å². The van der Waals surface area contributed by atoms with E-state index in [9.17, 15) is 4.79 Å². The highest BCUT2D eigenvalue weighted by molar-refractivity contribution is 5.82. The molecule has 2 heterocycles. The summed E-state index contributed by atoms with van der Waals surface area (Å²) in [6.45, 7) is 0. The molecule has 0 aromatic carbocycles. The maximum Gasteiger partial charge on any atom is 0.227 e. The third-order valence-corrected chi connectivity index (χ3v) is 3.26. The molecule has 1 amide bonds. The highest BCUT2D eigenvalue weighted by atomic mass is 16.2. The summed E-state index contributed by atoms with van der Waals surface area (Å²) >= 11 is 0. The molecule has 0 aromatic heterocycles. The van der Waals surface area contributed by atoms with Gasteiger partial charge < -0.3 is 4.90 Å². The minimum absolute atomic E-state index is 0.304. The Balaban J connectivity index is 2.03. The van der Waals surface area contributed by atoms with E-state index in [1.165, 1.54) is 12.8 Å². The van der Waals surface area contributed by atoms with Crippen molar-refractivity contribution >= 4 is 5.91 Å². The Bertz CT molecular complexity index is 299. The standard InChI is InChI=1S/C10H11NO/c12-9-7-10(4-5-10)8-3-1-2-6-11(8)9/h1-3,6,8H,4-5,7H2. The maximum atomic E-state index is 11.5. The van der Waals surface area contributed by atoms with Crippen LogP contribution in [0.4, 0.5) is 0 Å². The highest BCUT2D eigenvalue weighted by Crippen LogP contribution is 2.58. The first-order chi connectivity index (χ1) is 5.82. The van der Waals surface area contributed by atoms with Gasteiger partial charge in [-0.1, -0.05) is 12.2 Å². The van der Waals surface area contributed by atoms with Crippen LogP contribution in [0.25, 0.3) is 0 Å². The van der Waals surface area contributed by atoms with Crippen LogP contribution in [0.15, 0.2) is 24.4 Å². The lowest BCUT2D eigenvalue weighted by Gasteiger charge is -2.23. The first-order valence-corrected chi connectivity index (χ1v) is 4.48. The van der Waals surface area contributed by atoms with E-state index in [4.69, 9.17) is 0 Å². The zero-order valence-corrected chi connectivity index (χ0v) is 6.86. The molecule has 1 saturated heterocycles. The Hall–Kier alpha value is -1.05. The van der Waals surface area contributed by atoms with Crippen molar-refractivity contribution in [3.05, 3.63) is 24.4 Å². The van der Waals surface area contributed by atoms with E-state index in [1.54, 1.807) is 0 Å². The van der Waals surface area contributed by atoms with E-state index in [0.717, 1.165) is 6.42 Å². The number of fused-ring (bicyclic) bond motifs is 2. The second kappa shape index (κ2) is 1.82. The summed E-state index contributed by atoms with van der Waals surface area (Å²) in [5.74, 6) is 0.304. The number of carbonyl (C=O) groups excluding carboxylic acids is 1.